The average Bonchev–Trinajstić information content (AvgIpc) is 3.36. The van der Waals surface area contributed by atoms with Crippen LogP contribution in [-0.2, 0) is 4.74 Å². The van der Waals surface area contributed by atoms with E-state index in [1.54, 1.807) is 43.0 Å². The summed E-state index contributed by atoms with van der Waals surface area (Å²) in [5, 5.41) is 16.2. The van der Waals surface area contributed by atoms with Gasteiger partial charge in [0.1, 0.15) is 5.56 Å². The van der Waals surface area contributed by atoms with Crippen LogP contribution < -0.4 is 5.32 Å². The summed E-state index contributed by atoms with van der Waals surface area (Å²) < 4.78 is 6.72. The van der Waals surface area contributed by atoms with Crippen molar-refractivity contribution in [1.29, 1.82) is 0 Å². The van der Waals surface area contributed by atoms with Crippen molar-refractivity contribution < 1.29 is 19.4 Å². The number of carbonyl (C=O) groups excluding carboxylic acids is 1. The predicted octanol–water partition coefficient (Wildman–Crippen LogP) is 2.03. The van der Waals surface area contributed by atoms with Gasteiger partial charge in [-0.15, -0.1) is 0 Å². The third kappa shape index (κ3) is 3.71. The van der Waals surface area contributed by atoms with Gasteiger partial charge in [-0.1, -0.05) is 0 Å². The molecule has 0 radical (unpaired) electrons. The van der Waals surface area contributed by atoms with Crippen LogP contribution in [0.15, 0.2) is 30.5 Å². The van der Waals surface area contributed by atoms with E-state index in [-0.39, 0.29) is 17.5 Å². The first-order valence-corrected chi connectivity index (χ1v) is 8.19. The van der Waals surface area contributed by atoms with Crippen molar-refractivity contribution >= 4 is 11.9 Å². The third-order valence-corrected chi connectivity index (χ3v) is 4.47. The van der Waals surface area contributed by atoms with Crippen LogP contribution >= 0.6 is 0 Å². The topological polar surface area (TPSA) is 93.5 Å². The zero-order valence-electron chi connectivity index (χ0n) is 14.2. The maximum Gasteiger partial charge on any atom is 0.339 e. The molecule has 3 rings (SSSR count). The predicted molar refractivity (Wildman–Crippen MR) is 91.1 cm³/mol. The second-order valence-electron chi connectivity index (χ2n) is 6.28. The lowest BCUT2D eigenvalue weighted by Crippen LogP contribution is -2.39. The van der Waals surface area contributed by atoms with Crippen molar-refractivity contribution in [3.63, 3.8) is 0 Å². The molecule has 25 heavy (non-hydrogen) atoms. The Morgan fingerprint density at radius 3 is 2.56 bits per heavy atom. The maximum absolute atomic E-state index is 12.4. The number of nitrogens with one attached hydrogen (secondary N) is 1. The van der Waals surface area contributed by atoms with Crippen molar-refractivity contribution in [2.24, 2.45) is 5.92 Å². The number of carboxylic acid groups (broad SMARTS) is 1. The van der Waals surface area contributed by atoms with E-state index in [2.05, 4.69) is 10.4 Å². The average molecular weight is 343 g/mol. The Labute approximate surface area is 145 Å². The van der Waals surface area contributed by atoms with E-state index >= 15 is 0 Å². The van der Waals surface area contributed by atoms with Crippen molar-refractivity contribution in [1.82, 2.24) is 15.1 Å². The van der Waals surface area contributed by atoms with Gasteiger partial charge in [0, 0.05) is 12.7 Å². The zero-order valence-corrected chi connectivity index (χ0v) is 14.2. The first kappa shape index (κ1) is 17.2. The van der Waals surface area contributed by atoms with Crippen molar-refractivity contribution in [3.8, 4) is 5.69 Å². The zero-order chi connectivity index (χ0) is 18.0. The van der Waals surface area contributed by atoms with Crippen LogP contribution in [0, 0.1) is 12.8 Å². The maximum atomic E-state index is 12.4. The highest BCUT2D eigenvalue weighted by atomic mass is 16.5. The number of methoxy groups -OCH3 is 1. The van der Waals surface area contributed by atoms with E-state index < -0.39 is 5.97 Å². The number of carbonyl (C=O) groups is 2. The number of rotatable bonds is 7. The molecule has 1 aliphatic carbocycles. The number of carboxylic acids is 1. The molecule has 1 atom stereocenters. The molecule has 7 nitrogen and oxygen atoms in total. The fourth-order valence-corrected chi connectivity index (χ4v) is 2.86. The van der Waals surface area contributed by atoms with Gasteiger partial charge < -0.3 is 15.2 Å². The minimum Gasteiger partial charge on any atom is -0.478 e. The van der Waals surface area contributed by atoms with Gasteiger partial charge in [0.2, 0.25) is 0 Å². The summed E-state index contributed by atoms with van der Waals surface area (Å²) in [5.41, 5.74) is 1.96. The molecule has 2 N–H and O–H groups in total. The number of aromatic carboxylic acids is 1. The molecule has 1 aromatic carbocycles. The molecule has 2 aromatic rings. The van der Waals surface area contributed by atoms with Gasteiger partial charge in [0.25, 0.3) is 5.91 Å². The fourth-order valence-electron chi connectivity index (χ4n) is 2.86. The number of hydrogen-bond donors (Lipinski definition) is 2. The molecule has 7 heteroatoms. The lowest BCUT2D eigenvalue weighted by molar-refractivity contribution is 0.0695. The van der Waals surface area contributed by atoms with E-state index in [4.69, 9.17) is 9.84 Å². The minimum atomic E-state index is -1.01. The highest BCUT2D eigenvalue weighted by Crippen LogP contribution is 2.32. The van der Waals surface area contributed by atoms with Crippen LogP contribution in [0.4, 0.5) is 0 Å². The molecule has 0 bridgehead atoms. The molecule has 1 unspecified atom stereocenters. The normalized spacial score (nSPS) is 15.0. The van der Waals surface area contributed by atoms with E-state index in [0.717, 1.165) is 12.8 Å². The highest BCUT2D eigenvalue weighted by Gasteiger charge is 2.32. The first-order chi connectivity index (χ1) is 12.0. The van der Waals surface area contributed by atoms with Crippen LogP contribution in [0.25, 0.3) is 5.69 Å². The second-order valence-corrected chi connectivity index (χ2v) is 6.28. The summed E-state index contributed by atoms with van der Waals surface area (Å²) >= 11 is 0. The van der Waals surface area contributed by atoms with E-state index in [1.807, 2.05) is 0 Å². The molecular formula is C18H21N3O4. The molecular weight excluding hydrogens is 322 g/mol. The first-order valence-electron chi connectivity index (χ1n) is 8.19. The third-order valence-electron chi connectivity index (χ3n) is 4.47. The van der Waals surface area contributed by atoms with Gasteiger partial charge in [-0.2, -0.15) is 5.10 Å². The largest absolute Gasteiger partial charge is 0.478 e. The highest BCUT2D eigenvalue weighted by molar-refractivity contribution is 5.94. The Hall–Kier alpha value is -2.67. The second kappa shape index (κ2) is 7.06. The van der Waals surface area contributed by atoms with Crippen molar-refractivity contribution in [2.45, 2.75) is 25.8 Å². The number of ether oxygens (including phenoxy) is 1. The molecule has 1 amide bonds. The molecule has 0 aliphatic heterocycles. The van der Waals surface area contributed by atoms with Crippen molar-refractivity contribution in [3.05, 3.63) is 47.3 Å². The van der Waals surface area contributed by atoms with E-state index in [0.29, 0.717) is 29.5 Å². The van der Waals surface area contributed by atoms with Crippen LogP contribution in [-0.4, -0.2) is 46.5 Å². The van der Waals surface area contributed by atoms with E-state index in [1.165, 1.54) is 6.20 Å². The Morgan fingerprint density at radius 1 is 1.36 bits per heavy atom. The molecule has 0 saturated heterocycles. The summed E-state index contributed by atoms with van der Waals surface area (Å²) in [6.07, 6.45) is 3.57. The quantitative estimate of drug-likeness (QED) is 0.802. The van der Waals surface area contributed by atoms with Gasteiger partial charge in [-0.05, 0) is 49.9 Å². The standard InChI is InChI=1S/C18H21N3O4/c1-11-15(18(23)24)9-19-21(11)14-7-5-13(6-8-14)17(22)20-16(10-25-2)12-3-4-12/h5-9,12,16H,3-4,10H2,1-2H3,(H,20,22)(H,23,24). The summed E-state index contributed by atoms with van der Waals surface area (Å²) in [6.45, 7) is 2.21. The molecule has 1 fully saturated rings. The monoisotopic (exact) mass is 343 g/mol. The van der Waals surface area contributed by atoms with Gasteiger partial charge in [0.15, 0.2) is 0 Å². The summed E-state index contributed by atoms with van der Waals surface area (Å²) in [7, 11) is 1.63. The number of hydrogen-bond acceptors (Lipinski definition) is 4. The molecule has 1 aromatic heterocycles. The SMILES string of the molecule is COCC(NC(=O)c1ccc(-n2ncc(C(=O)O)c2C)cc1)C1CC1. The molecule has 0 spiro atoms. The number of benzene rings is 1. The fraction of sp³-hybridized carbons (Fsp3) is 0.389. The lowest BCUT2D eigenvalue weighted by atomic mass is 10.1. The number of aromatic nitrogens is 2. The van der Waals surface area contributed by atoms with Gasteiger partial charge in [0.05, 0.1) is 30.2 Å². The number of amides is 1. The Balaban J connectivity index is 1.73. The lowest BCUT2D eigenvalue weighted by Gasteiger charge is -2.17. The molecule has 1 heterocycles. The Kier molecular flexibility index (Phi) is 4.85. The smallest absolute Gasteiger partial charge is 0.339 e. The van der Waals surface area contributed by atoms with Crippen LogP contribution in [0.5, 0.6) is 0 Å². The molecule has 1 saturated carbocycles. The molecule has 1 aliphatic rings. The van der Waals surface area contributed by atoms with Crippen LogP contribution in [0.3, 0.4) is 0 Å². The van der Waals surface area contributed by atoms with Crippen LogP contribution in [0.2, 0.25) is 0 Å². The Bertz CT molecular complexity index is 778. The van der Waals surface area contributed by atoms with Crippen molar-refractivity contribution in [2.75, 3.05) is 13.7 Å². The summed E-state index contributed by atoms with van der Waals surface area (Å²) in [5.74, 6) is -0.641. The van der Waals surface area contributed by atoms with Gasteiger partial charge >= 0.3 is 5.97 Å². The summed E-state index contributed by atoms with van der Waals surface area (Å²) in [6, 6.07) is 6.97. The van der Waals surface area contributed by atoms with Crippen LogP contribution in [0.1, 0.15) is 39.3 Å². The number of nitrogens with zero attached hydrogens (tertiary/aromatic N) is 2. The summed E-state index contributed by atoms with van der Waals surface area (Å²) in [4.78, 5) is 23.5. The molecule has 132 valence electrons. The minimum absolute atomic E-state index is 0.0451. The Morgan fingerprint density at radius 2 is 2.04 bits per heavy atom. The van der Waals surface area contributed by atoms with E-state index in [9.17, 15) is 9.59 Å². The van der Waals surface area contributed by atoms with Gasteiger partial charge in [-0.25, -0.2) is 9.48 Å². The van der Waals surface area contributed by atoms with Gasteiger partial charge in [-0.3, -0.25) is 4.79 Å².